The summed E-state index contributed by atoms with van der Waals surface area (Å²) in [6, 6.07) is 1.72. The lowest BCUT2D eigenvalue weighted by molar-refractivity contribution is 0.596. The second-order valence-corrected chi connectivity index (χ2v) is 6.53. The third-order valence-corrected chi connectivity index (χ3v) is 4.93. The smallest absolute Gasteiger partial charge is 0.266 e. The fourth-order valence-corrected chi connectivity index (χ4v) is 3.90. The van der Waals surface area contributed by atoms with Crippen molar-refractivity contribution in [3.63, 3.8) is 0 Å². The van der Waals surface area contributed by atoms with Gasteiger partial charge in [-0.1, -0.05) is 0 Å². The third kappa shape index (κ3) is 2.80. The van der Waals surface area contributed by atoms with Crippen LogP contribution in [-0.4, -0.2) is 28.0 Å². The van der Waals surface area contributed by atoms with E-state index in [1.54, 1.807) is 29.3 Å². The van der Waals surface area contributed by atoms with E-state index in [4.69, 9.17) is 0 Å². The highest BCUT2D eigenvalue weighted by atomic mass is 32.2. The zero-order valence-electron chi connectivity index (χ0n) is 13.0. The molecule has 0 saturated carbocycles. The minimum absolute atomic E-state index is 0.242. The van der Waals surface area contributed by atoms with Gasteiger partial charge in [0.05, 0.1) is 17.1 Å². The molecule has 0 unspecified atom stereocenters. The summed E-state index contributed by atoms with van der Waals surface area (Å²) in [5, 5.41) is 8.50. The maximum absolute atomic E-state index is 12.6. The van der Waals surface area contributed by atoms with Gasteiger partial charge in [-0.25, -0.2) is 13.1 Å². The molecule has 2 rings (SSSR count). The van der Waals surface area contributed by atoms with Gasteiger partial charge in [-0.2, -0.15) is 10.2 Å². The summed E-state index contributed by atoms with van der Waals surface area (Å²) in [6.07, 6.45) is 0. The second-order valence-electron chi connectivity index (χ2n) is 4.91. The molecule has 0 radical (unpaired) electrons. The first kappa shape index (κ1) is 15.6. The maximum Gasteiger partial charge on any atom is 0.266 e. The lowest BCUT2D eigenvalue weighted by atomic mass is 10.4. The summed E-state index contributed by atoms with van der Waals surface area (Å²) in [5.41, 5.74) is 1.91. The Morgan fingerprint density at radius 3 is 2.24 bits per heavy atom. The Morgan fingerprint density at radius 1 is 1.10 bits per heavy atom. The van der Waals surface area contributed by atoms with Crippen LogP contribution >= 0.6 is 0 Å². The third-order valence-electron chi connectivity index (χ3n) is 3.32. The molecular weight excluding hydrogens is 290 g/mol. The summed E-state index contributed by atoms with van der Waals surface area (Å²) in [7, 11) is -3.68. The molecule has 0 fully saturated rings. The Morgan fingerprint density at radius 2 is 1.71 bits per heavy atom. The van der Waals surface area contributed by atoms with Crippen LogP contribution < -0.4 is 4.72 Å². The zero-order chi connectivity index (χ0) is 15.8. The number of anilines is 1. The minimum atomic E-state index is -3.68. The van der Waals surface area contributed by atoms with Crippen molar-refractivity contribution in [3.05, 3.63) is 23.1 Å². The van der Waals surface area contributed by atoms with Crippen molar-refractivity contribution in [2.24, 2.45) is 0 Å². The predicted octanol–water partition coefficient (Wildman–Crippen LogP) is 1.85. The molecule has 1 N–H and O–H groups in total. The van der Waals surface area contributed by atoms with E-state index in [2.05, 4.69) is 14.9 Å². The number of nitrogens with one attached hydrogen (secondary N) is 1. The zero-order valence-corrected chi connectivity index (χ0v) is 13.8. The van der Waals surface area contributed by atoms with E-state index in [1.165, 1.54) is 0 Å². The van der Waals surface area contributed by atoms with Crippen LogP contribution in [0.1, 0.15) is 30.9 Å². The number of nitrogens with zero attached hydrogens (tertiary/aromatic N) is 4. The van der Waals surface area contributed by atoms with Gasteiger partial charge in [0.1, 0.15) is 10.7 Å². The summed E-state index contributed by atoms with van der Waals surface area (Å²) in [4.78, 5) is 0.242. The van der Waals surface area contributed by atoms with Gasteiger partial charge in [0.15, 0.2) is 0 Å². The van der Waals surface area contributed by atoms with Crippen molar-refractivity contribution in [2.75, 3.05) is 4.72 Å². The lowest BCUT2D eigenvalue weighted by Crippen LogP contribution is -2.17. The van der Waals surface area contributed by atoms with Crippen LogP contribution in [0.5, 0.6) is 0 Å². The van der Waals surface area contributed by atoms with Gasteiger partial charge >= 0.3 is 0 Å². The highest BCUT2D eigenvalue weighted by Gasteiger charge is 2.25. The molecule has 0 aliphatic carbocycles. The first-order chi connectivity index (χ1) is 9.80. The molecule has 0 atom stereocenters. The van der Waals surface area contributed by atoms with Crippen LogP contribution in [0.2, 0.25) is 0 Å². The highest BCUT2D eigenvalue weighted by Crippen LogP contribution is 2.23. The molecule has 2 aromatic rings. The van der Waals surface area contributed by atoms with Crippen molar-refractivity contribution >= 4 is 15.8 Å². The summed E-state index contributed by atoms with van der Waals surface area (Å²) >= 11 is 0. The molecule has 0 spiro atoms. The molecular formula is C13H21N5O2S. The first-order valence-corrected chi connectivity index (χ1v) is 8.39. The molecule has 0 amide bonds. The Labute approximate surface area is 125 Å². The fourth-order valence-electron chi connectivity index (χ4n) is 2.43. The van der Waals surface area contributed by atoms with E-state index in [9.17, 15) is 8.42 Å². The molecule has 0 aromatic carbocycles. The van der Waals surface area contributed by atoms with E-state index in [-0.39, 0.29) is 4.90 Å². The van der Waals surface area contributed by atoms with E-state index >= 15 is 0 Å². The Bertz CT molecular complexity index is 758. The summed E-state index contributed by atoms with van der Waals surface area (Å²) in [5.74, 6) is 0.470. The average Bonchev–Trinajstić information content (AvgIpc) is 2.88. The van der Waals surface area contributed by atoms with Gasteiger partial charge in [-0.3, -0.25) is 9.40 Å². The molecule has 0 bridgehead atoms. The van der Waals surface area contributed by atoms with E-state index < -0.39 is 10.0 Å². The van der Waals surface area contributed by atoms with Crippen molar-refractivity contribution in [2.45, 2.75) is 52.6 Å². The molecule has 116 valence electrons. The molecule has 21 heavy (non-hydrogen) atoms. The van der Waals surface area contributed by atoms with Crippen molar-refractivity contribution in [1.29, 1.82) is 0 Å². The van der Waals surface area contributed by atoms with Gasteiger partial charge in [0, 0.05) is 19.2 Å². The minimum Gasteiger partial charge on any atom is -0.268 e. The molecule has 0 aliphatic heterocycles. The standard InChI is InChI=1S/C13H21N5O2S/c1-6-17-11(5)13(10(4)15-17)21(19,20)16-12-8-9(3)14-18(12)7-2/h8,16H,6-7H2,1-5H3. The van der Waals surface area contributed by atoms with Gasteiger partial charge in [0.2, 0.25) is 0 Å². The van der Waals surface area contributed by atoms with Crippen LogP contribution in [0.15, 0.2) is 11.0 Å². The molecule has 2 heterocycles. The summed E-state index contributed by atoms with van der Waals surface area (Å²) in [6.45, 7) is 10.4. The Balaban J connectivity index is 2.46. The Kier molecular flexibility index (Phi) is 4.08. The molecule has 7 nitrogen and oxygen atoms in total. The molecule has 0 saturated heterocycles. The molecule has 0 aliphatic rings. The quantitative estimate of drug-likeness (QED) is 0.913. The fraction of sp³-hybridized carbons (Fsp3) is 0.538. The number of aromatic nitrogens is 4. The van der Waals surface area contributed by atoms with Gasteiger partial charge in [-0.15, -0.1) is 0 Å². The predicted molar refractivity (Wildman–Crippen MR) is 80.8 cm³/mol. The SMILES string of the molecule is CCn1nc(C)cc1NS(=O)(=O)c1c(C)nn(CC)c1C. The van der Waals surface area contributed by atoms with E-state index in [0.29, 0.717) is 30.3 Å². The van der Waals surface area contributed by atoms with Gasteiger partial charge in [-0.05, 0) is 34.6 Å². The topological polar surface area (TPSA) is 81.8 Å². The first-order valence-electron chi connectivity index (χ1n) is 6.91. The van der Waals surface area contributed by atoms with E-state index in [1.807, 2.05) is 20.8 Å². The molecule has 2 aromatic heterocycles. The molecule has 8 heteroatoms. The van der Waals surface area contributed by atoms with Crippen LogP contribution in [-0.2, 0) is 23.1 Å². The van der Waals surface area contributed by atoms with Crippen LogP contribution in [0, 0.1) is 20.8 Å². The monoisotopic (exact) mass is 311 g/mol. The normalized spacial score (nSPS) is 11.9. The number of hydrogen-bond acceptors (Lipinski definition) is 4. The van der Waals surface area contributed by atoms with Gasteiger partial charge < -0.3 is 0 Å². The van der Waals surface area contributed by atoms with Crippen LogP contribution in [0.25, 0.3) is 0 Å². The largest absolute Gasteiger partial charge is 0.268 e. The van der Waals surface area contributed by atoms with E-state index in [0.717, 1.165) is 5.69 Å². The number of aryl methyl sites for hydroxylation is 4. The Hall–Kier alpha value is -1.83. The lowest BCUT2D eigenvalue weighted by Gasteiger charge is -2.09. The van der Waals surface area contributed by atoms with Crippen molar-refractivity contribution in [1.82, 2.24) is 19.6 Å². The maximum atomic E-state index is 12.6. The average molecular weight is 311 g/mol. The highest BCUT2D eigenvalue weighted by molar-refractivity contribution is 7.92. The number of rotatable bonds is 5. The van der Waals surface area contributed by atoms with Gasteiger partial charge in [0.25, 0.3) is 10.0 Å². The van der Waals surface area contributed by atoms with Crippen LogP contribution in [0.4, 0.5) is 5.82 Å². The number of hydrogen-bond donors (Lipinski definition) is 1. The summed E-state index contributed by atoms with van der Waals surface area (Å²) < 4.78 is 31.2. The number of sulfonamides is 1. The van der Waals surface area contributed by atoms with Crippen LogP contribution in [0.3, 0.4) is 0 Å². The second kappa shape index (κ2) is 5.51. The van der Waals surface area contributed by atoms with Crippen molar-refractivity contribution in [3.8, 4) is 0 Å². The van der Waals surface area contributed by atoms with Crippen molar-refractivity contribution < 1.29 is 8.42 Å².